The van der Waals surface area contributed by atoms with Crippen LogP contribution in [-0.4, -0.2) is 53.6 Å². The van der Waals surface area contributed by atoms with Gasteiger partial charge in [-0.05, 0) is 30.5 Å². The molecule has 2 heterocycles. The van der Waals surface area contributed by atoms with Gasteiger partial charge in [-0.25, -0.2) is 4.79 Å². The molecule has 0 fully saturated rings. The van der Waals surface area contributed by atoms with E-state index in [4.69, 9.17) is 20.1 Å². The summed E-state index contributed by atoms with van der Waals surface area (Å²) in [6, 6.07) is 2.21. The molecule has 21 heavy (non-hydrogen) atoms. The average molecular weight is 317 g/mol. The van der Waals surface area contributed by atoms with E-state index < -0.39 is 24.5 Å². The van der Waals surface area contributed by atoms with Crippen LogP contribution in [0.15, 0.2) is 11.4 Å². The molecule has 4 N–H and O–H groups in total. The lowest BCUT2D eigenvalue weighted by atomic mass is 10.1. The maximum atomic E-state index is 9.72. The Bertz CT molecular complexity index is 475. The summed E-state index contributed by atoms with van der Waals surface area (Å²) in [5, 5.41) is 29.4. The molecule has 0 unspecified atom stereocenters. The molecule has 0 aromatic carbocycles. The number of hydrogen-bond donors (Lipinski definition) is 4. The van der Waals surface area contributed by atoms with Crippen molar-refractivity contribution in [3.05, 3.63) is 21.9 Å². The van der Waals surface area contributed by atoms with Crippen molar-refractivity contribution in [1.29, 1.82) is 0 Å². The fourth-order valence-corrected chi connectivity index (χ4v) is 2.82. The number of thiophene rings is 1. The highest BCUT2D eigenvalue weighted by molar-refractivity contribution is 7.10. The van der Waals surface area contributed by atoms with E-state index in [1.54, 1.807) is 0 Å². The number of likely N-dealkylation sites (N-methyl/N-ethyl adjacent to an activating group) is 1. The van der Waals surface area contributed by atoms with Gasteiger partial charge in [0.15, 0.2) is 6.10 Å². The zero-order valence-electron chi connectivity index (χ0n) is 11.6. The molecule has 1 aliphatic heterocycles. The zero-order valence-corrected chi connectivity index (χ0v) is 12.4. The quantitative estimate of drug-likeness (QED) is 0.624. The Morgan fingerprint density at radius 2 is 2.24 bits per heavy atom. The standard InChI is InChI=1S/C9H13NOS.C4H6O5/c1-10-6-8-9-7(2-4-11-8)3-5-12-9;5-2(4(8)9)1-3(6)7/h3,5,8,10H,2,4,6H2,1H3;2,5H,1H2,(H,6,7)(H,8,9)/t8-;2-/m00/s1. The molecule has 0 amide bonds. The summed E-state index contributed by atoms with van der Waals surface area (Å²) in [5.41, 5.74) is 1.48. The molecule has 0 saturated carbocycles. The van der Waals surface area contributed by atoms with Crippen LogP contribution in [0.3, 0.4) is 0 Å². The van der Waals surface area contributed by atoms with E-state index in [1.807, 2.05) is 18.4 Å². The van der Waals surface area contributed by atoms with Crippen molar-refractivity contribution in [2.45, 2.75) is 25.0 Å². The molecule has 0 saturated heterocycles. The first kappa shape index (κ1) is 17.6. The molecule has 118 valence electrons. The van der Waals surface area contributed by atoms with Gasteiger partial charge in [-0.2, -0.15) is 0 Å². The molecule has 0 spiro atoms. The Labute approximate surface area is 126 Å². The zero-order chi connectivity index (χ0) is 15.8. The van der Waals surface area contributed by atoms with Gasteiger partial charge in [0, 0.05) is 11.4 Å². The van der Waals surface area contributed by atoms with Gasteiger partial charge in [0.2, 0.25) is 0 Å². The molecule has 7 nitrogen and oxygen atoms in total. The van der Waals surface area contributed by atoms with Crippen molar-refractivity contribution in [2.75, 3.05) is 20.2 Å². The highest BCUT2D eigenvalue weighted by atomic mass is 32.1. The van der Waals surface area contributed by atoms with E-state index >= 15 is 0 Å². The largest absolute Gasteiger partial charge is 0.481 e. The first-order chi connectivity index (χ1) is 9.95. The van der Waals surface area contributed by atoms with E-state index in [0.29, 0.717) is 6.10 Å². The molecule has 0 radical (unpaired) electrons. The minimum absolute atomic E-state index is 0.291. The molecule has 1 aromatic heterocycles. The fraction of sp³-hybridized carbons (Fsp3) is 0.538. The Hall–Kier alpha value is -1.48. The number of carboxylic acid groups (broad SMARTS) is 2. The van der Waals surface area contributed by atoms with Crippen molar-refractivity contribution in [3.63, 3.8) is 0 Å². The fourth-order valence-electron chi connectivity index (χ4n) is 1.81. The number of fused-ring (bicyclic) bond motifs is 1. The smallest absolute Gasteiger partial charge is 0.333 e. The van der Waals surface area contributed by atoms with Gasteiger partial charge in [0.25, 0.3) is 0 Å². The van der Waals surface area contributed by atoms with Crippen LogP contribution in [0.4, 0.5) is 0 Å². The molecule has 1 aromatic rings. The number of carbonyl (C=O) groups is 2. The highest BCUT2D eigenvalue weighted by Gasteiger charge is 2.20. The van der Waals surface area contributed by atoms with Crippen LogP contribution in [-0.2, 0) is 20.7 Å². The van der Waals surface area contributed by atoms with Crippen LogP contribution in [0, 0.1) is 0 Å². The van der Waals surface area contributed by atoms with Crippen molar-refractivity contribution in [2.24, 2.45) is 0 Å². The second kappa shape index (κ2) is 8.73. The lowest BCUT2D eigenvalue weighted by Crippen LogP contribution is -2.23. The molecule has 8 heteroatoms. The number of aliphatic carboxylic acids is 2. The number of aliphatic hydroxyl groups is 1. The first-order valence-electron chi connectivity index (χ1n) is 6.40. The molecular weight excluding hydrogens is 298 g/mol. The summed E-state index contributed by atoms with van der Waals surface area (Å²) in [7, 11) is 1.96. The summed E-state index contributed by atoms with van der Waals surface area (Å²) >= 11 is 1.81. The Morgan fingerprint density at radius 3 is 2.76 bits per heavy atom. The Balaban J connectivity index is 0.000000222. The van der Waals surface area contributed by atoms with Gasteiger partial charge in [0.1, 0.15) is 6.10 Å². The predicted molar refractivity (Wildman–Crippen MR) is 76.5 cm³/mol. The molecule has 0 aliphatic carbocycles. The van der Waals surface area contributed by atoms with Crippen LogP contribution in [0.5, 0.6) is 0 Å². The van der Waals surface area contributed by atoms with Crippen LogP contribution in [0.25, 0.3) is 0 Å². The third-order valence-electron chi connectivity index (χ3n) is 2.81. The SMILES string of the molecule is CNC[C@@H]1OCCc2ccsc21.O=C(O)C[C@H](O)C(=O)O. The van der Waals surface area contributed by atoms with Gasteiger partial charge >= 0.3 is 11.9 Å². The lowest BCUT2D eigenvalue weighted by Gasteiger charge is -2.22. The minimum atomic E-state index is -1.79. The molecule has 1 aliphatic rings. The Kier molecular flexibility index (Phi) is 7.30. The van der Waals surface area contributed by atoms with E-state index in [0.717, 1.165) is 19.6 Å². The number of aliphatic hydroxyl groups excluding tert-OH is 1. The second-order valence-corrected chi connectivity index (χ2v) is 5.38. The number of nitrogens with one attached hydrogen (secondary N) is 1. The monoisotopic (exact) mass is 317 g/mol. The minimum Gasteiger partial charge on any atom is -0.481 e. The summed E-state index contributed by atoms with van der Waals surface area (Å²) in [6.07, 6.45) is -1.17. The predicted octanol–water partition coefficient (Wildman–Crippen LogP) is 0.488. The van der Waals surface area contributed by atoms with Gasteiger partial charge in [-0.1, -0.05) is 0 Å². The van der Waals surface area contributed by atoms with E-state index in [2.05, 4.69) is 16.8 Å². The summed E-state index contributed by atoms with van der Waals surface area (Å²) < 4.78 is 5.65. The van der Waals surface area contributed by atoms with Crippen LogP contribution >= 0.6 is 11.3 Å². The normalized spacial score (nSPS) is 18.1. The van der Waals surface area contributed by atoms with Gasteiger partial charge in [0.05, 0.1) is 13.0 Å². The molecule has 2 atom stereocenters. The van der Waals surface area contributed by atoms with Crippen molar-refractivity contribution in [1.82, 2.24) is 5.32 Å². The summed E-state index contributed by atoms with van der Waals surface area (Å²) in [4.78, 5) is 20.8. The highest BCUT2D eigenvalue weighted by Crippen LogP contribution is 2.30. The number of carboxylic acids is 2. The van der Waals surface area contributed by atoms with Gasteiger partial charge in [-0.3, -0.25) is 4.79 Å². The third-order valence-corrected chi connectivity index (χ3v) is 3.86. The van der Waals surface area contributed by atoms with Crippen LogP contribution < -0.4 is 5.32 Å². The van der Waals surface area contributed by atoms with Crippen molar-refractivity contribution in [3.8, 4) is 0 Å². The average Bonchev–Trinajstić information content (AvgIpc) is 2.88. The third kappa shape index (κ3) is 5.80. The van der Waals surface area contributed by atoms with Gasteiger partial charge < -0.3 is 25.4 Å². The van der Waals surface area contributed by atoms with Gasteiger partial charge in [-0.15, -0.1) is 11.3 Å². The lowest BCUT2D eigenvalue weighted by molar-refractivity contribution is -0.152. The van der Waals surface area contributed by atoms with Crippen molar-refractivity contribution >= 4 is 23.3 Å². The van der Waals surface area contributed by atoms with Crippen LogP contribution in [0.2, 0.25) is 0 Å². The maximum absolute atomic E-state index is 9.72. The maximum Gasteiger partial charge on any atom is 0.333 e. The Morgan fingerprint density at radius 1 is 1.52 bits per heavy atom. The molecular formula is C13H19NO6S. The second-order valence-electron chi connectivity index (χ2n) is 4.43. The summed E-state index contributed by atoms with van der Waals surface area (Å²) in [5.74, 6) is -2.85. The number of rotatable bonds is 5. The van der Waals surface area contributed by atoms with E-state index in [1.165, 1.54) is 10.4 Å². The molecule has 2 rings (SSSR count). The van der Waals surface area contributed by atoms with Crippen molar-refractivity contribution < 1.29 is 29.6 Å². The topological polar surface area (TPSA) is 116 Å². The van der Waals surface area contributed by atoms with E-state index in [9.17, 15) is 9.59 Å². The molecule has 0 bridgehead atoms. The number of ether oxygens (including phenoxy) is 1. The first-order valence-corrected chi connectivity index (χ1v) is 7.28. The summed E-state index contributed by atoms with van der Waals surface area (Å²) in [6.45, 7) is 1.80. The van der Waals surface area contributed by atoms with E-state index in [-0.39, 0.29) is 0 Å². The van der Waals surface area contributed by atoms with Crippen LogP contribution in [0.1, 0.15) is 23.0 Å². The number of hydrogen-bond acceptors (Lipinski definition) is 6.